The minimum absolute atomic E-state index is 0.00668. The fraction of sp³-hybridized carbons (Fsp3) is 0.471. The van der Waals surface area contributed by atoms with Crippen molar-refractivity contribution in [2.75, 3.05) is 20.3 Å². The molecule has 1 aromatic rings. The average molecular weight is 287 g/mol. The first-order valence-corrected chi connectivity index (χ1v) is 7.22. The number of aliphatic hydroxyl groups excluding tert-OH is 1. The van der Waals surface area contributed by atoms with Crippen LogP contribution in [0.3, 0.4) is 0 Å². The van der Waals surface area contributed by atoms with Gasteiger partial charge in [-0.05, 0) is 37.6 Å². The molecule has 1 fully saturated rings. The van der Waals surface area contributed by atoms with E-state index in [1.807, 2.05) is 26.1 Å². The van der Waals surface area contributed by atoms with Gasteiger partial charge in [0.1, 0.15) is 0 Å². The Balaban J connectivity index is 2.04. The van der Waals surface area contributed by atoms with Gasteiger partial charge in [0, 0.05) is 31.2 Å². The first kappa shape index (κ1) is 15.6. The van der Waals surface area contributed by atoms with Gasteiger partial charge in [0.05, 0.1) is 18.8 Å². The molecule has 4 heteroatoms. The van der Waals surface area contributed by atoms with Crippen molar-refractivity contribution in [3.05, 3.63) is 35.4 Å². The number of rotatable bonds is 3. The molecule has 1 aliphatic rings. The maximum Gasteiger partial charge on any atom is 0.253 e. The third-order valence-electron chi connectivity index (χ3n) is 3.76. The Morgan fingerprint density at radius 3 is 2.71 bits per heavy atom. The van der Waals surface area contributed by atoms with Crippen LogP contribution < -0.4 is 0 Å². The standard InChI is InChI=1S/C17H21NO3/c1-13-16(10-12-21-13)18(2)17(20)15-8-6-14(7-9-15)5-3-4-11-19/h6-9,13,16,19H,4,10-12H2,1-2H3. The molecule has 112 valence electrons. The Bertz CT molecular complexity index is 541. The summed E-state index contributed by atoms with van der Waals surface area (Å²) in [5.74, 6) is 5.82. The summed E-state index contributed by atoms with van der Waals surface area (Å²) in [6.07, 6.45) is 1.43. The summed E-state index contributed by atoms with van der Waals surface area (Å²) in [6, 6.07) is 7.39. The van der Waals surface area contributed by atoms with Crippen LogP contribution >= 0.6 is 0 Å². The number of hydrogen-bond acceptors (Lipinski definition) is 3. The molecular formula is C17H21NO3. The highest BCUT2D eigenvalue weighted by atomic mass is 16.5. The zero-order valence-electron chi connectivity index (χ0n) is 12.5. The molecule has 4 nitrogen and oxygen atoms in total. The molecule has 1 heterocycles. The molecule has 0 radical (unpaired) electrons. The first-order valence-electron chi connectivity index (χ1n) is 7.22. The maximum atomic E-state index is 12.5. The maximum absolute atomic E-state index is 12.5. The Morgan fingerprint density at radius 1 is 1.43 bits per heavy atom. The predicted octanol–water partition coefficient (Wildman–Crippen LogP) is 1.67. The van der Waals surface area contributed by atoms with E-state index >= 15 is 0 Å². The predicted molar refractivity (Wildman–Crippen MR) is 80.9 cm³/mol. The number of carbonyl (C=O) groups is 1. The smallest absolute Gasteiger partial charge is 0.253 e. The van der Waals surface area contributed by atoms with E-state index in [4.69, 9.17) is 9.84 Å². The Labute approximate surface area is 125 Å². The third-order valence-corrected chi connectivity index (χ3v) is 3.76. The number of likely N-dealkylation sites (N-methyl/N-ethyl adjacent to an activating group) is 1. The third kappa shape index (κ3) is 3.84. The lowest BCUT2D eigenvalue weighted by atomic mass is 10.1. The topological polar surface area (TPSA) is 49.8 Å². The lowest BCUT2D eigenvalue weighted by molar-refractivity contribution is 0.0574. The number of ether oxygens (including phenoxy) is 1. The molecule has 2 unspecified atom stereocenters. The Hall–Kier alpha value is -1.83. The summed E-state index contributed by atoms with van der Waals surface area (Å²) in [6.45, 7) is 2.78. The van der Waals surface area contributed by atoms with Gasteiger partial charge in [-0.25, -0.2) is 0 Å². The van der Waals surface area contributed by atoms with Crippen LogP contribution in [0.15, 0.2) is 24.3 Å². The quantitative estimate of drug-likeness (QED) is 0.860. The van der Waals surface area contributed by atoms with E-state index in [9.17, 15) is 4.79 Å². The fourth-order valence-corrected chi connectivity index (χ4v) is 2.50. The zero-order valence-corrected chi connectivity index (χ0v) is 12.5. The van der Waals surface area contributed by atoms with Gasteiger partial charge >= 0.3 is 0 Å². The van der Waals surface area contributed by atoms with Crippen molar-refractivity contribution in [3.8, 4) is 11.8 Å². The van der Waals surface area contributed by atoms with Crippen molar-refractivity contribution >= 4 is 5.91 Å². The largest absolute Gasteiger partial charge is 0.395 e. The van der Waals surface area contributed by atoms with Crippen LogP contribution in [0, 0.1) is 11.8 Å². The molecule has 0 saturated carbocycles. The van der Waals surface area contributed by atoms with E-state index in [2.05, 4.69) is 11.8 Å². The van der Waals surface area contributed by atoms with Gasteiger partial charge in [-0.1, -0.05) is 11.8 Å². The molecule has 1 aromatic carbocycles. The average Bonchev–Trinajstić information content (AvgIpc) is 2.93. The lowest BCUT2D eigenvalue weighted by Crippen LogP contribution is -2.40. The molecule has 0 spiro atoms. The number of hydrogen-bond donors (Lipinski definition) is 1. The summed E-state index contributed by atoms with van der Waals surface area (Å²) < 4.78 is 5.51. The van der Waals surface area contributed by atoms with E-state index in [1.165, 1.54) is 0 Å². The highest BCUT2D eigenvalue weighted by molar-refractivity contribution is 5.94. The van der Waals surface area contributed by atoms with Crippen LogP contribution in [0.4, 0.5) is 0 Å². The van der Waals surface area contributed by atoms with Crippen molar-refractivity contribution in [2.24, 2.45) is 0 Å². The van der Waals surface area contributed by atoms with Crippen LogP contribution in [0.5, 0.6) is 0 Å². The van der Waals surface area contributed by atoms with E-state index < -0.39 is 0 Å². The molecule has 1 aliphatic heterocycles. The number of benzene rings is 1. The Morgan fingerprint density at radius 2 is 2.14 bits per heavy atom. The molecule has 1 saturated heterocycles. The van der Waals surface area contributed by atoms with Crippen LogP contribution in [0.25, 0.3) is 0 Å². The molecule has 0 bridgehead atoms. The van der Waals surface area contributed by atoms with E-state index in [0.29, 0.717) is 18.6 Å². The molecule has 2 atom stereocenters. The van der Waals surface area contributed by atoms with E-state index in [1.54, 1.807) is 17.0 Å². The highest BCUT2D eigenvalue weighted by Gasteiger charge is 2.30. The number of carbonyl (C=O) groups excluding carboxylic acids is 1. The second kappa shape index (κ2) is 7.26. The van der Waals surface area contributed by atoms with Crippen molar-refractivity contribution in [2.45, 2.75) is 31.9 Å². The van der Waals surface area contributed by atoms with Gasteiger partial charge in [0.15, 0.2) is 0 Å². The summed E-state index contributed by atoms with van der Waals surface area (Å²) in [7, 11) is 1.83. The molecular weight excluding hydrogens is 266 g/mol. The second-order valence-corrected chi connectivity index (χ2v) is 5.20. The number of aliphatic hydroxyl groups is 1. The summed E-state index contributed by atoms with van der Waals surface area (Å²) in [5, 5.41) is 8.68. The molecule has 0 aliphatic carbocycles. The molecule has 1 amide bonds. The zero-order chi connectivity index (χ0) is 15.2. The van der Waals surface area contributed by atoms with Gasteiger partial charge in [0.2, 0.25) is 0 Å². The summed E-state index contributed by atoms with van der Waals surface area (Å²) >= 11 is 0. The second-order valence-electron chi connectivity index (χ2n) is 5.20. The van der Waals surface area contributed by atoms with Crippen molar-refractivity contribution in [1.29, 1.82) is 0 Å². The van der Waals surface area contributed by atoms with E-state index in [-0.39, 0.29) is 24.7 Å². The van der Waals surface area contributed by atoms with Crippen molar-refractivity contribution < 1.29 is 14.6 Å². The monoisotopic (exact) mass is 287 g/mol. The van der Waals surface area contributed by atoms with Gasteiger partial charge in [-0.3, -0.25) is 4.79 Å². The van der Waals surface area contributed by atoms with Crippen LogP contribution in [0.2, 0.25) is 0 Å². The van der Waals surface area contributed by atoms with Gasteiger partial charge in [-0.15, -0.1) is 0 Å². The van der Waals surface area contributed by atoms with Gasteiger partial charge in [0.25, 0.3) is 5.91 Å². The summed E-state index contributed by atoms with van der Waals surface area (Å²) in [4.78, 5) is 14.2. The fourth-order valence-electron chi connectivity index (χ4n) is 2.50. The van der Waals surface area contributed by atoms with Crippen LogP contribution in [-0.2, 0) is 4.74 Å². The molecule has 0 aromatic heterocycles. The molecule has 1 N–H and O–H groups in total. The van der Waals surface area contributed by atoms with Crippen molar-refractivity contribution in [3.63, 3.8) is 0 Å². The Kier molecular flexibility index (Phi) is 5.38. The van der Waals surface area contributed by atoms with Gasteiger partial charge < -0.3 is 14.7 Å². The SMILES string of the molecule is CC1OCCC1N(C)C(=O)c1ccc(C#CCCO)cc1. The van der Waals surface area contributed by atoms with E-state index in [0.717, 1.165) is 12.0 Å². The van der Waals surface area contributed by atoms with Crippen LogP contribution in [0.1, 0.15) is 35.7 Å². The number of amides is 1. The number of nitrogens with zero attached hydrogens (tertiary/aromatic N) is 1. The lowest BCUT2D eigenvalue weighted by Gasteiger charge is -2.26. The highest BCUT2D eigenvalue weighted by Crippen LogP contribution is 2.20. The molecule has 2 rings (SSSR count). The van der Waals surface area contributed by atoms with Crippen LogP contribution in [-0.4, -0.2) is 48.3 Å². The molecule has 21 heavy (non-hydrogen) atoms. The first-order chi connectivity index (χ1) is 10.1. The normalized spacial score (nSPS) is 20.7. The van der Waals surface area contributed by atoms with Gasteiger partial charge in [-0.2, -0.15) is 0 Å². The minimum atomic E-state index is 0.00668. The summed E-state index contributed by atoms with van der Waals surface area (Å²) in [5.41, 5.74) is 1.50. The minimum Gasteiger partial charge on any atom is -0.395 e. The van der Waals surface area contributed by atoms with Crippen molar-refractivity contribution in [1.82, 2.24) is 4.90 Å².